The Bertz CT molecular complexity index is 615. The highest BCUT2D eigenvalue weighted by Gasteiger charge is 2.22. The second-order valence-electron chi connectivity index (χ2n) is 5.76. The van der Waals surface area contributed by atoms with Gasteiger partial charge in [0.15, 0.2) is 0 Å². The lowest BCUT2D eigenvalue weighted by atomic mass is 9.95. The van der Waals surface area contributed by atoms with Crippen LogP contribution in [0.5, 0.6) is 0 Å². The van der Waals surface area contributed by atoms with Crippen molar-refractivity contribution >= 4 is 11.6 Å². The van der Waals surface area contributed by atoms with Gasteiger partial charge in [-0.3, -0.25) is 4.79 Å². The summed E-state index contributed by atoms with van der Waals surface area (Å²) in [6.45, 7) is 5.38. The Balaban J connectivity index is 2.33. The fourth-order valence-electron chi connectivity index (χ4n) is 1.74. The molecule has 0 heterocycles. The van der Waals surface area contributed by atoms with Gasteiger partial charge in [0.25, 0.3) is 0 Å². The molecule has 0 fully saturated rings. The van der Waals surface area contributed by atoms with Gasteiger partial charge in [-0.15, -0.1) is 0 Å². The fraction of sp³-hybridized carbons (Fsp3) is 0.235. The summed E-state index contributed by atoms with van der Waals surface area (Å²) in [6.07, 6.45) is 0. The normalized spacial score (nSPS) is 11.2. The molecule has 0 unspecified atom stereocenters. The molecule has 0 saturated carbocycles. The average Bonchev–Trinajstić information content (AvgIpc) is 2.41. The zero-order valence-corrected chi connectivity index (χ0v) is 11.9. The molecular formula is C17H18FNO. The Morgan fingerprint density at radius 1 is 1.00 bits per heavy atom. The quantitative estimate of drug-likeness (QED) is 0.857. The molecule has 0 spiro atoms. The first-order chi connectivity index (χ1) is 9.38. The van der Waals surface area contributed by atoms with Gasteiger partial charge < -0.3 is 5.32 Å². The van der Waals surface area contributed by atoms with Crippen molar-refractivity contribution in [1.29, 1.82) is 0 Å². The van der Waals surface area contributed by atoms with Gasteiger partial charge in [-0.2, -0.15) is 0 Å². The predicted molar refractivity (Wildman–Crippen MR) is 79.9 cm³/mol. The first kappa shape index (κ1) is 14.3. The summed E-state index contributed by atoms with van der Waals surface area (Å²) in [6, 6.07) is 14.4. The molecule has 0 bridgehead atoms. The summed E-state index contributed by atoms with van der Waals surface area (Å²) >= 11 is 0. The third-order valence-corrected chi connectivity index (χ3v) is 3.00. The van der Waals surface area contributed by atoms with Crippen molar-refractivity contribution in [3.63, 3.8) is 0 Å². The molecule has 1 amide bonds. The molecule has 0 aliphatic carbocycles. The van der Waals surface area contributed by atoms with E-state index in [1.54, 1.807) is 32.9 Å². The molecule has 0 saturated heterocycles. The van der Waals surface area contributed by atoms with Crippen molar-refractivity contribution in [2.24, 2.45) is 5.41 Å². The van der Waals surface area contributed by atoms with Crippen LogP contribution in [0.25, 0.3) is 11.1 Å². The van der Waals surface area contributed by atoms with Crippen LogP contribution in [0.15, 0.2) is 48.5 Å². The van der Waals surface area contributed by atoms with Crippen molar-refractivity contribution < 1.29 is 9.18 Å². The molecule has 3 heteroatoms. The van der Waals surface area contributed by atoms with E-state index in [0.29, 0.717) is 0 Å². The molecule has 0 radical (unpaired) electrons. The van der Waals surface area contributed by atoms with Gasteiger partial charge in [0, 0.05) is 5.41 Å². The Morgan fingerprint density at radius 2 is 1.65 bits per heavy atom. The number of amides is 1. The van der Waals surface area contributed by atoms with Crippen molar-refractivity contribution in [2.75, 3.05) is 5.32 Å². The number of hydrogen-bond acceptors (Lipinski definition) is 1. The Hall–Kier alpha value is -2.16. The SMILES string of the molecule is CC(C)(C)C(=O)Nc1cc(-c2ccccc2)ccc1F. The molecule has 0 aliphatic rings. The number of hydrogen-bond donors (Lipinski definition) is 1. The third-order valence-electron chi connectivity index (χ3n) is 3.00. The van der Waals surface area contributed by atoms with Crippen LogP contribution in [0.2, 0.25) is 0 Å². The molecule has 104 valence electrons. The van der Waals surface area contributed by atoms with Crippen LogP contribution in [0.1, 0.15) is 20.8 Å². The van der Waals surface area contributed by atoms with Crippen molar-refractivity contribution in [3.8, 4) is 11.1 Å². The minimum atomic E-state index is -0.560. The zero-order chi connectivity index (χ0) is 14.8. The maximum Gasteiger partial charge on any atom is 0.229 e. The van der Waals surface area contributed by atoms with Crippen LogP contribution in [0.3, 0.4) is 0 Å². The largest absolute Gasteiger partial charge is 0.323 e. The van der Waals surface area contributed by atoms with Gasteiger partial charge in [0.1, 0.15) is 5.82 Å². The third kappa shape index (κ3) is 3.23. The molecule has 0 aromatic heterocycles. The van der Waals surface area contributed by atoms with E-state index in [4.69, 9.17) is 0 Å². The lowest BCUT2D eigenvalue weighted by Crippen LogP contribution is -2.28. The molecule has 20 heavy (non-hydrogen) atoms. The molecule has 0 aliphatic heterocycles. The van der Waals surface area contributed by atoms with E-state index < -0.39 is 11.2 Å². The molecular weight excluding hydrogens is 253 g/mol. The topological polar surface area (TPSA) is 29.1 Å². The number of rotatable bonds is 2. The summed E-state index contributed by atoms with van der Waals surface area (Å²) in [5, 5.41) is 2.65. The molecule has 2 nitrogen and oxygen atoms in total. The summed E-state index contributed by atoms with van der Waals surface area (Å²) < 4.78 is 13.8. The second-order valence-corrected chi connectivity index (χ2v) is 5.76. The van der Waals surface area contributed by atoms with Crippen molar-refractivity contribution in [1.82, 2.24) is 0 Å². The van der Waals surface area contributed by atoms with Gasteiger partial charge in [-0.25, -0.2) is 4.39 Å². The minimum absolute atomic E-state index is 0.207. The number of carbonyl (C=O) groups is 1. The van der Waals surface area contributed by atoms with Crippen molar-refractivity contribution in [3.05, 3.63) is 54.3 Å². The highest BCUT2D eigenvalue weighted by molar-refractivity contribution is 5.95. The van der Waals surface area contributed by atoms with E-state index in [9.17, 15) is 9.18 Å². The Kier molecular flexibility index (Phi) is 3.89. The van der Waals surface area contributed by atoms with Gasteiger partial charge in [-0.1, -0.05) is 57.2 Å². The van der Waals surface area contributed by atoms with E-state index >= 15 is 0 Å². The van der Waals surface area contributed by atoms with Crippen LogP contribution >= 0.6 is 0 Å². The molecule has 2 aromatic rings. The van der Waals surface area contributed by atoms with Crippen LogP contribution in [-0.2, 0) is 4.79 Å². The van der Waals surface area contributed by atoms with Crippen molar-refractivity contribution in [2.45, 2.75) is 20.8 Å². The first-order valence-electron chi connectivity index (χ1n) is 6.54. The number of halogens is 1. The summed E-state index contributed by atoms with van der Waals surface area (Å²) in [5.41, 5.74) is 1.51. The van der Waals surface area contributed by atoms with E-state index in [0.717, 1.165) is 11.1 Å². The Morgan fingerprint density at radius 3 is 2.25 bits per heavy atom. The highest BCUT2D eigenvalue weighted by atomic mass is 19.1. The number of benzene rings is 2. The number of anilines is 1. The van der Waals surface area contributed by atoms with Gasteiger partial charge >= 0.3 is 0 Å². The van der Waals surface area contributed by atoms with Crippen LogP contribution in [0, 0.1) is 11.2 Å². The zero-order valence-electron chi connectivity index (χ0n) is 11.9. The Labute approximate surface area is 118 Å². The lowest BCUT2D eigenvalue weighted by molar-refractivity contribution is -0.123. The first-order valence-corrected chi connectivity index (χ1v) is 6.54. The lowest BCUT2D eigenvalue weighted by Gasteiger charge is -2.18. The maximum absolute atomic E-state index is 13.8. The van der Waals surface area contributed by atoms with E-state index in [-0.39, 0.29) is 11.6 Å². The van der Waals surface area contributed by atoms with Gasteiger partial charge in [-0.05, 0) is 23.3 Å². The van der Waals surface area contributed by atoms with E-state index in [2.05, 4.69) is 5.32 Å². The summed E-state index contributed by atoms with van der Waals surface area (Å²) in [4.78, 5) is 12.0. The fourth-order valence-corrected chi connectivity index (χ4v) is 1.74. The van der Waals surface area contributed by atoms with Gasteiger partial charge in [0.2, 0.25) is 5.91 Å². The number of carbonyl (C=O) groups excluding carboxylic acids is 1. The standard InChI is InChI=1S/C17H18FNO/c1-17(2,3)16(20)19-15-11-13(9-10-14(15)18)12-7-5-4-6-8-12/h4-11H,1-3H3,(H,19,20). The van der Waals surface area contributed by atoms with Crippen LogP contribution in [-0.4, -0.2) is 5.91 Å². The average molecular weight is 271 g/mol. The smallest absolute Gasteiger partial charge is 0.229 e. The minimum Gasteiger partial charge on any atom is -0.323 e. The molecule has 0 atom stereocenters. The molecule has 1 N–H and O–H groups in total. The van der Waals surface area contributed by atoms with E-state index in [1.807, 2.05) is 30.3 Å². The molecule has 2 aromatic carbocycles. The summed E-state index contributed by atoms with van der Waals surface area (Å²) in [5.74, 6) is -0.635. The summed E-state index contributed by atoms with van der Waals surface area (Å²) in [7, 11) is 0. The monoisotopic (exact) mass is 271 g/mol. The molecule has 2 rings (SSSR count). The van der Waals surface area contributed by atoms with Crippen LogP contribution in [0.4, 0.5) is 10.1 Å². The second kappa shape index (κ2) is 5.45. The number of nitrogens with one attached hydrogen (secondary N) is 1. The van der Waals surface area contributed by atoms with Gasteiger partial charge in [0.05, 0.1) is 5.69 Å². The van der Waals surface area contributed by atoms with E-state index in [1.165, 1.54) is 6.07 Å². The van der Waals surface area contributed by atoms with Crippen LogP contribution < -0.4 is 5.32 Å². The maximum atomic E-state index is 13.8. The highest BCUT2D eigenvalue weighted by Crippen LogP contribution is 2.26. The predicted octanol–water partition coefficient (Wildman–Crippen LogP) is 4.48.